The van der Waals surface area contributed by atoms with Crippen molar-refractivity contribution in [3.63, 3.8) is 0 Å². The van der Waals surface area contributed by atoms with E-state index in [9.17, 15) is 14.4 Å². The van der Waals surface area contributed by atoms with Gasteiger partial charge in [-0.15, -0.1) is 0 Å². The summed E-state index contributed by atoms with van der Waals surface area (Å²) in [5, 5.41) is 0. The van der Waals surface area contributed by atoms with E-state index in [1.165, 1.54) is 0 Å². The quantitative estimate of drug-likeness (QED) is 0.760. The summed E-state index contributed by atoms with van der Waals surface area (Å²) in [5.74, 6) is 0.905. The lowest BCUT2D eigenvalue weighted by atomic mass is 10.1. The lowest BCUT2D eigenvalue weighted by Gasteiger charge is -2.40. The van der Waals surface area contributed by atoms with E-state index in [2.05, 4.69) is 0 Å². The van der Waals surface area contributed by atoms with Gasteiger partial charge in [0.15, 0.2) is 0 Å². The molecule has 0 saturated carbocycles. The molecular formula is C21H29N3O4. The first kappa shape index (κ1) is 20.2. The van der Waals surface area contributed by atoms with Crippen LogP contribution < -0.4 is 4.74 Å². The minimum Gasteiger partial charge on any atom is -0.497 e. The van der Waals surface area contributed by atoms with E-state index in [1.54, 1.807) is 21.8 Å². The molecule has 0 bridgehead atoms. The molecule has 7 heteroatoms. The molecule has 0 N–H and O–H groups in total. The van der Waals surface area contributed by atoms with Crippen LogP contribution >= 0.6 is 0 Å². The van der Waals surface area contributed by atoms with Crippen molar-refractivity contribution < 1.29 is 19.1 Å². The summed E-state index contributed by atoms with van der Waals surface area (Å²) in [6.07, 6.45) is 0.936. The molecule has 2 heterocycles. The molecular weight excluding hydrogens is 358 g/mol. The number of amides is 3. The lowest BCUT2D eigenvalue weighted by molar-refractivity contribution is -0.156. The number of fused-ring (bicyclic) bond motifs is 1. The Balaban J connectivity index is 1.72. The average Bonchev–Trinajstić information content (AvgIpc) is 2.89. The molecule has 7 nitrogen and oxygen atoms in total. The Morgan fingerprint density at radius 2 is 2.04 bits per heavy atom. The highest BCUT2D eigenvalue weighted by Crippen LogP contribution is 2.20. The van der Waals surface area contributed by atoms with Crippen LogP contribution in [0.15, 0.2) is 24.3 Å². The van der Waals surface area contributed by atoms with E-state index in [0.717, 1.165) is 5.56 Å². The van der Waals surface area contributed by atoms with Crippen LogP contribution in [0.3, 0.4) is 0 Å². The molecule has 2 saturated heterocycles. The molecule has 1 atom stereocenters. The number of hydrogen-bond acceptors (Lipinski definition) is 4. The summed E-state index contributed by atoms with van der Waals surface area (Å²) >= 11 is 0. The molecule has 0 aliphatic carbocycles. The van der Waals surface area contributed by atoms with Gasteiger partial charge in [-0.05, 0) is 30.0 Å². The SMILES string of the molecule is COc1cccc(CC(=O)N2CCCN3C(=O)CN(CC(C)C)C(=O)C3C2)c1. The minimum absolute atomic E-state index is 0.0210. The summed E-state index contributed by atoms with van der Waals surface area (Å²) in [6.45, 7) is 6.11. The monoisotopic (exact) mass is 387 g/mol. The van der Waals surface area contributed by atoms with Crippen LogP contribution in [-0.2, 0) is 20.8 Å². The molecule has 2 aliphatic rings. The fraction of sp³-hybridized carbons (Fsp3) is 0.571. The lowest BCUT2D eigenvalue weighted by Crippen LogP contribution is -2.62. The molecule has 2 aliphatic heterocycles. The maximum Gasteiger partial charge on any atom is 0.247 e. The Labute approximate surface area is 166 Å². The first-order valence-electron chi connectivity index (χ1n) is 9.88. The van der Waals surface area contributed by atoms with Crippen LogP contribution in [0, 0.1) is 5.92 Å². The van der Waals surface area contributed by atoms with Gasteiger partial charge in [0.2, 0.25) is 17.7 Å². The zero-order valence-electron chi connectivity index (χ0n) is 16.9. The van der Waals surface area contributed by atoms with Crippen LogP contribution in [0.5, 0.6) is 5.75 Å². The molecule has 152 valence electrons. The smallest absolute Gasteiger partial charge is 0.247 e. The third-order valence-electron chi connectivity index (χ3n) is 5.27. The number of piperazine rings is 1. The molecule has 0 radical (unpaired) electrons. The fourth-order valence-corrected chi connectivity index (χ4v) is 3.93. The van der Waals surface area contributed by atoms with Crippen molar-refractivity contribution in [1.29, 1.82) is 0 Å². The number of nitrogens with zero attached hydrogens (tertiary/aromatic N) is 3. The molecule has 0 spiro atoms. The van der Waals surface area contributed by atoms with Crippen LogP contribution in [0.2, 0.25) is 0 Å². The first-order chi connectivity index (χ1) is 13.4. The summed E-state index contributed by atoms with van der Waals surface area (Å²) in [6, 6.07) is 6.87. The molecule has 2 fully saturated rings. The predicted molar refractivity (Wildman–Crippen MR) is 105 cm³/mol. The Morgan fingerprint density at radius 1 is 1.25 bits per heavy atom. The van der Waals surface area contributed by atoms with E-state index in [-0.39, 0.29) is 37.2 Å². The van der Waals surface area contributed by atoms with E-state index in [0.29, 0.717) is 37.7 Å². The Kier molecular flexibility index (Phi) is 6.21. The largest absolute Gasteiger partial charge is 0.497 e. The van der Waals surface area contributed by atoms with Gasteiger partial charge in [-0.2, -0.15) is 0 Å². The van der Waals surface area contributed by atoms with Crippen molar-refractivity contribution in [2.45, 2.75) is 32.7 Å². The van der Waals surface area contributed by atoms with Crippen LogP contribution in [0.4, 0.5) is 0 Å². The molecule has 28 heavy (non-hydrogen) atoms. The van der Waals surface area contributed by atoms with Crippen LogP contribution in [0.25, 0.3) is 0 Å². The summed E-state index contributed by atoms with van der Waals surface area (Å²) in [7, 11) is 1.60. The van der Waals surface area contributed by atoms with Gasteiger partial charge in [0.05, 0.1) is 26.6 Å². The van der Waals surface area contributed by atoms with Gasteiger partial charge in [-0.1, -0.05) is 26.0 Å². The molecule has 1 aromatic rings. The first-order valence-corrected chi connectivity index (χ1v) is 9.88. The highest BCUT2D eigenvalue weighted by Gasteiger charge is 2.41. The van der Waals surface area contributed by atoms with Crippen molar-refractivity contribution >= 4 is 17.7 Å². The standard InChI is InChI=1S/C21H29N3O4/c1-15(2)12-23-14-20(26)24-9-5-8-22(13-18(24)21(23)27)19(25)11-16-6-4-7-17(10-16)28-3/h4,6-7,10,15,18H,5,8-9,11-14H2,1-3H3. The molecule has 3 amide bonds. The van der Waals surface area contributed by atoms with Crippen molar-refractivity contribution in [3.05, 3.63) is 29.8 Å². The van der Waals surface area contributed by atoms with Gasteiger partial charge < -0.3 is 19.4 Å². The maximum absolute atomic E-state index is 13.0. The second-order valence-corrected chi connectivity index (χ2v) is 7.94. The average molecular weight is 387 g/mol. The number of rotatable bonds is 5. The highest BCUT2D eigenvalue weighted by atomic mass is 16.5. The number of hydrogen-bond donors (Lipinski definition) is 0. The minimum atomic E-state index is -0.572. The van der Waals surface area contributed by atoms with Crippen molar-refractivity contribution in [3.8, 4) is 5.75 Å². The topological polar surface area (TPSA) is 70.2 Å². The molecule has 1 aromatic carbocycles. The number of carbonyl (C=O) groups is 3. The Morgan fingerprint density at radius 3 is 2.75 bits per heavy atom. The van der Waals surface area contributed by atoms with Gasteiger partial charge in [0, 0.05) is 19.6 Å². The maximum atomic E-state index is 13.0. The second kappa shape index (κ2) is 8.63. The Bertz CT molecular complexity index is 749. The van der Waals surface area contributed by atoms with Gasteiger partial charge in [0.1, 0.15) is 11.8 Å². The molecule has 1 unspecified atom stereocenters. The van der Waals surface area contributed by atoms with Gasteiger partial charge in [0.25, 0.3) is 0 Å². The summed E-state index contributed by atoms with van der Waals surface area (Å²) in [5.41, 5.74) is 0.873. The number of carbonyl (C=O) groups excluding carboxylic acids is 3. The second-order valence-electron chi connectivity index (χ2n) is 7.94. The third kappa shape index (κ3) is 4.46. The van der Waals surface area contributed by atoms with Gasteiger partial charge >= 0.3 is 0 Å². The number of ether oxygens (including phenoxy) is 1. The Hall–Kier alpha value is -2.57. The fourth-order valence-electron chi connectivity index (χ4n) is 3.93. The van der Waals surface area contributed by atoms with E-state index < -0.39 is 6.04 Å². The normalized spacial score (nSPS) is 20.3. The summed E-state index contributed by atoms with van der Waals surface area (Å²) < 4.78 is 5.22. The number of methoxy groups -OCH3 is 1. The van der Waals surface area contributed by atoms with Crippen LogP contribution in [0.1, 0.15) is 25.8 Å². The zero-order chi connectivity index (χ0) is 20.3. The van der Waals surface area contributed by atoms with Gasteiger partial charge in [-0.3, -0.25) is 14.4 Å². The van der Waals surface area contributed by atoms with Gasteiger partial charge in [-0.25, -0.2) is 0 Å². The highest BCUT2D eigenvalue weighted by molar-refractivity contribution is 5.95. The van der Waals surface area contributed by atoms with Crippen molar-refractivity contribution in [2.24, 2.45) is 5.92 Å². The van der Waals surface area contributed by atoms with Crippen LogP contribution in [-0.4, -0.2) is 78.3 Å². The van der Waals surface area contributed by atoms with E-state index in [1.807, 2.05) is 38.1 Å². The third-order valence-corrected chi connectivity index (χ3v) is 5.27. The predicted octanol–water partition coefficient (Wildman–Crippen LogP) is 1.17. The molecule has 0 aromatic heterocycles. The van der Waals surface area contributed by atoms with E-state index >= 15 is 0 Å². The zero-order valence-corrected chi connectivity index (χ0v) is 16.9. The molecule has 3 rings (SSSR count). The van der Waals surface area contributed by atoms with Crippen molar-refractivity contribution in [1.82, 2.24) is 14.7 Å². The van der Waals surface area contributed by atoms with E-state index in [4.69, 9.17) is 4.74 Å². The van der Waals surface area contributed by atoms with Crippen molar-refractivity contribution in [2.75, 3.05) is 39.8 Å². The summed E-state index contributed by atoms with van der Waals surface area (Å²) in [4.78, 5) is 43.5. The number of benzene rings is 1.